The lowest BCUT2D eigenvalue weighted by Gasteiger charge is -2.14. The molecule has 148 valence electrons. The SMILES string of the molecule is CCCC(OC=O)C(=O)Nc1nc(Cl)nc2c1ncn2CCC(CO)OC. The molecule has 2 aromatic rings. The fourth-order valence-electron chi connectivity index (χ4n) is 2.52. The third-order valence-electron chi connectivity index (χ3n) is 3.97. The summed E-state index contributed by atoms with van der Waals surface area (Å²) in [7, 11) is 1.52. The van der Waals surface area contributed by atoms with Crippen LogP contribution in [0.25, 0.3) is 11.2 Å². The third-order valence-corrected chi connectivity index (χ3v) is 4.14. The highest BCUT2D eigenvalue weighted by Gasteiger charge is 2.22. The van der Waals surface area contributed by atoms with Gasteiger partial charge in [-0.2, -0.15) is 9.97 Å². The molecule has 0 saturated carbocycles. The first kappa shape index (κ1) is 21.0. The number of methoxy groups -OCH3 is 1. The Bertz CT molecular complexity index is 780. The average Bonchev–Trinajstić information content (AvgIpc) is 3.05. The van der Waals surface area contributed by atoms with E-state index in [1.165, 1.54) is 7.11 Å². The molecule has 0 radical (unpaired) electrons. The zero-order valence-corrected chi connectivity index (χ0v) is 15.8. The Hall–Kier alpha value is -2.30. The van der Waals surface area contributed by atoms with Crippen LogP contribution in [0, 0.1) is 0 Å². The first-order valence-electron chi connectivity index (χ1n) is 8.46. The number of hydrogen-bond acceptors (Lipinski definition) is 8. The minimum atomic E-state index is -0.926. The van der Waals surface area contributed by atoms with E-state index in [0.29, 0.717) is 37.0 Å². The highest BCUT2D eigenvalue weighted by molar-refractivity contribution is 6.28. The standard InChI is InChI=1S/C16H22ClN5O5/c1-3-4-11(27-9-24)15(25)19-13-12-14(21-16(17)20-13)22(8-18-12)6-5-10(7-23)26-2/h8-11,23H,3-7H2,1-2H3,(H,19,20,21,25). The number of aromatic nitrogens is 4. The maximum Gasteiger partial charge on any atom is 0.293 e. The first-order valence-corrected chi connectivity index (χ1v) is 8.83. The molecular formula is C16H22ClN5O5. The maximum atomic E-state index is 12.4. The summed E-state index contributed by atoms with van der Waals surface area (Å²) in [4.78, 5) is 35.4. The molecule has 27 heavy (non-hydrogen) atoms. The van der Waals surface area contributed by atoms with Gasteiger partial charge in [0.1, 0.15) is 0 Å². The maximum absolute atomic E-state index is 12.4. The topological polar surface area (TPSA) is 128 Å². The highest BCUT2D eigenvalue weighted by Crippen LogP contribution is 2.22. The summed E-state index contributed by atoms with van der Waals surface area (Å²) in [6, 6.07) is 0. The van der Waals surface area contributed by atoms with Crippen LogP contribution in [0.5, 0.6) is 0 Å². The van der Waals surface area contributed by atoms with Gasteiger partial charge in [0.05, 0.1) is 19.0 Å². The van der Waals surface area contributed by atoms with Gasteiger partial charge in [0.2, 0.25) is 5.28 Å². The van der Waals surface area contributed by atoms with Gasteiger partial charge < -0.3 is 24.5 Å². The van der Waals surface area contributed by atoms with Crippen molar-refractivity contribution in [2.75, 3.05) is 19.0 Å². The molecule has 0 saturated heterocycles. The number of anilines is 1. The molecule has 0 aliphatic rings. The van der Waals surface area contributed by atoms with Gasteiger partial charge in [-0.15, -0.1) is 0 Å². The fraction of sp³-hybridized carbons (Fsp3) is 0.562. The molecule has 0 fully saturated rings. The molecule has 0 bridgehead atoms. The summed E-state index contributed by atoms with van der Waals surface area (Å²) >= 11 is 5.99. The summed E-state index contributed by atoms with van der Waals surface area (Å²) < 4.78 is 11.7. The van der Waals surface area contributed by atoms with E-state index >= 15 is 0 Å². The minimum Gasteiger partial charge on any atom is -0.454 e. The monoisotopic (exact) mass is 399 g/mol. The number of nitrogens with zero attached hydrogens (tertiary/aromatic N) is 4. The molecule has 11 heteroatoms. The van der Waals surface area contributed by atoms with Crippen LogP contribution in [-0.2, 0) is 25.6 Å². The number of carbonyl (C=O) groups is 2. The zero-order valence-electron chi connectivity index (χ0n) is 15.1. The molecule has 2 unspecified atom stereocenters. The van der Waals surface area contributed by atoms with Crippen molar-refractivity contribution in [1.29, 1.82) is 0 Å². The van der Waals surface area contributed by atoms with Gasteiger partial charge >= 0.3 is 0 Å². The predicted molar refractivity (Wildman–Crippen MR) is 97.3 cm³/mol. The van der Waals surface area contributed by atoms with Crippen LogP contribution in [0.1, 0.15) is 26.2 Å². The van der Waals surface area contributed by atoms with Crippen molar-refractivity contribution in [3.05, 3.63) is 11.6 Å². The van der Waals surface area contributed by atoms with Crippen molar-refractivity contribution in [2.24, 2.45) is 0 Å². The quantitative estimate of drug-likeness (QED) is 0.425. The lowest BCUT2D eigenvalue weighted by molar-refractivity contribution is -0.142. The number of halogens is 1. The van der Waals surface area contributed by atoms with Gasteiger partial charge in [-0.05, 0) is 24.4 Å². The number of aliphatic hydroxyl groups is 1. The fourth-order valence-corrected chi connectivity index (χ4v) is 2.69. The normalized spacial score (nSPS) is 13.3. The second-order valence-electron chi connectivity index (χ2n) is 5.78. The van der Waals surface area contributed by atoms with Gasteiger partial charge in [0.25, 0.3) is 12.4 Å². The zero-order chi connectivity index (χ0) is 19.8. The lowest BCUT2D eigenvalue weighted by atomic mass is 10.2. The van der Waals surface area contributed by atoms with E-state index in [-0.39, 0.29) is 30.3 Å². The van der Waals surface area contributed by atoms with Gasteiger partial charge in [-0.1, -0.05) is 13.3 Å². The smallest absolute Gasteiger partial charge is 0.293 e. The molecule has 0 aliphatic heterocycles. The van der Waals surface area contributed by atoms with Gasteiger partial charge in [-0.25, -0.2) is 4.98 Å². The number of nitrogens with one attached hydrogen (secondary N) is 1. The number of rotatable bonds is 11. The Kier molecular flexibility index (Phi) is 7.89. The molecule has 10 nitrogen and oxygen atoms in total. The van der Waals surface area contributed by atoms with E-state index in [2.05, 4.69) is 20.3 Å². The Labute approximate surface area is 160 Å². The number of carbonyl (C=O) groups excluding carboxylic acids is 2. The number of aryl methyl sites for hydroxylation is 1. The Balaban J connectivity index is 2.25. The molecule has 2 N–H and O–H groups in total. The van der Waals surface area contributed by atoms with Crippen LogP contribution >= 0.6 is 11.6 Å². The molecular weight excluding hydrogens is 378 g/mol. The molecule has 2 heterocycles. The van der Waals surface area contributed by atoms with Crippen molar-refractivity contribution in [1.82, 2.24) is 19.5 Å². The van der Waals surface area contributed by atoms with Crippen molar-refractivity contribution in [2.45, 2.75) is 44.9 Å². The van der Waals surface area contributed by atoms with Crippen molar-refractivity contribution in [3.63, 3.8) is 0 Å². The summed E-state index contributed by atoms with van der Waals surface area (Å²) in [5, 5.41) is 11.7. The van der Waals surface area contributed by atoms with Gasteiger partial charge in [0, 0.05) is 13.7 Å². The van der Waals surface area contributed by atoms with E-state index in [9.17, 15) is 14.7 Å². The number of amides is 1. The van der Waals surface area contributed by atoms with Crippen molar-refractivity contribution < 1.29 is 24.2 Å². The number of imidazole rings is 1. The van der Waals surface area contributed by atoms with Gasteiger partial charge in [-0.3, -0.25) is 9.59 Å². The van der Waals surface area contributed by atoms with E-state index in [1.807, 2.05) is 6.92 Å². The predicted octanol–water partition coefficient (Wildman–Crippen LogP) is 1.16. The molecule has 1 amide bonds. The second-order valence-corrected chi connectivity index (χ2v) is 6.12. The summed E-state index contributed by atoms with van der Waals surface area (Å²) in [6.45, 7) is 2.48. The molecule has 0 spiro atoms. The Morgan fingerprint density at radius 2 is 2.22 bits per heavy atom. The van der Waals surface area contributed by atoms with E-state index in [0.717, 1.165) is 0 Å². The third kappa shape index (κ3) is 5.34. The minimum absolute atomic E-state index is 0.0617. The van der Waals surface area contributed by atoms with E-state index in [4.69, 9.17) is 21.1 Å². The van der Waals surface area contributed by atoms with Crippen molar-refractivity contribution >= 4 is 41.0 Å². The summed E-state index contributed by atoms with van der Waals surface area (Å²) in [6.07, 6.45) is 1.88. The number of hydrogen-bond donors (Lipinski definition) is 2. The molecule has 0 aliphatic carbocycles. The van der Waals surface area contributed by atoms with Crippen LogP contribution in [-0.4, -0.2) is 62.9 Å². The molecule has 0 aromatic carbocycles. The highest BCUT2D eigenvalue weighted by atomic mass is 35.5. The molecule has 2 aromatic heterocycles. The molecule has 2 rings (SSSR count). The second kappa shape index (κ2) is 10.1. The summed E-state index contributed by atoms with van der Waals surface area (Å²) in [5.41, 5.74) is 0.786. The summed E-state index contributed by atoms with van der Waals surface area (Å²) in [5.74, 6) is -0.385. The number of fused-ring (bicyclic) bond motifs is 1. The van der Waals surface area contributed by atoms with Crippen molar-refractivity contribution in [3.8, 4) is 0 Å². The lowest BCUT2D eigenvalue weighted by Crippen LogP contribution is -2.30. The van der Waals surface area contributed by atoms with Crippen LogP contribution in [0.4, 0.5) is 5.82 Å². The number of aliphatic hydroxyl groups excluding tert-OH is 1. The van der Waals surface area contributed by atoms with E-state index < -0.39 is 12.0 Å². The molecule has 2 atom stereocenters. The van der Waals surface area contributed by atoms with Crippen LogP contribution in [0.15, 0.2) is 6.33 Å². The van der Waals surface area contributed by atoms with Crippen LogP contribution in [0.3, 0.4) is 0 Å². The van der Waals surface area contributed by atoms with Crippen LogP contribution in [0.2, 0.25) is 5.28 Å². The number of ether oxygens (including phenoxy) is 2. The average molecular weight is 400 g/mol. The van der Waals surface area contributed by atoms with E-state index in [1.54, 1.807) is 10.9 Å². The Morgan fingerprint density at radius 1 is 1.44 bits per heavy atom. The van der Waals surface area contributed by atoms with Crippen LogP contribution < -0.4 is 5.32 Å². The first-order chi connectivity index (χ1) is 13.0. The Morgan fingerprint density at radius 3 is 2.85 bits per heavy atom. The van der Waals surface area contributed by atoms with Gasteiger partial charge in [0.15, 0.2) is 23.1 Å². The largest absolute Gasteiger partial charge is 0.454 e.